The van der Waals surface area contributed by atoms with Crippen LogP contribution in [0.3, 0.4) is 0 Å². The van der Waals surface area contributed by atoms with Crippen LogP contribution < -0.4 is 5.32 Å². The lowest BCUT2D eigenvalue weighted by atomic mass is 9.81. The van der Waals surface area contributed by atoms with Gasteiger partial charge in [0, 0.05) is 6.04 Å². The van der Waals surface area contributed by atoms with Crippen molar-refractivity contribution in [2.45, 2.75) is 45.6 Å². The molecule has 0 unspecified atom stereocenters. The molecule has 0 aromatic carbocycles. The van der Waals surface area contributed by atoms with E-state index in [1.54, 1.807) is 0 Å². The second kappa shape index (κ2) is 3.97. The van der Waals surface area contributed by atoms with Crippen LogP contribution >= 0.6 is 0 Å². The van der Waals surface area contributed by atoms with Crippen LogP contribution in [0.5, 0.6) is 0 Å². The second-order valence-corrected chi connectivity index (χ2v) is 3.49. The third-order valence-corrected chi connectivity index (χ3v) is 2.46. The van der Waals surface area contributed by atoms with Gasteiger partial charge in [0.25, 0.3) is 0 Å². The van der Waals surface area contributed by atoms with Crippen molar-refractivity contribution in [3.63, 3.8) is 0 Å². The Balaban J connectivity index is 1.99. The molecule has 0 spiro atoms. The van der Waals surface area contributed by atoms with Gasteiger partial charge >= 0.3 is 0 Å². The van der Waals surface area contributed by atoms with E-state index in [2.05, 4.69) is 19.2 Å². The lowest BCUT2D eigenvalue weighted by Gasteiger charge is -2.28. The fourth-order valence-electron chi connectivity index (χ4n) is 1.66. The van der Waals surface area contributed by atoms with Crippen LogP contribution in [0.2, 0.25) is 0 Å². The standard InChI is InChI=1S/C9H19N/c1-3-10-8(2)7-9-5-4-6-9/h8-10H,3-7H2,1-2H3/t8-/m1/s1. The normalized spacial score (nSPS) is 22.2. The molecular weight excluding hydrogens is 122 g/mol. The van der Waals surface area contributed by atoms with Crippen LogP contribution in [-0.4, -0.2) is 12.6 Å². The van der Waals surface area contributed by atoms with Gasteiger partial charge in [0.15, 0.2) is 0 Å². The summed E-state index contributed by atoms with van der Waals surface area (Å²) >= 11 is 0. The Hall–Kier alpha value is -0.0400. The van der Waals surface area contributed by atoms with Crippen molar-refractivity contribution >= 4 is 0 Å². The number of hydrogen-bond donors (Lipinski definition) is 1. The summed E-state index contributed by atoms with van der Waals surface area (Å²) in [6.45, 7) is 5.59. The molecule has 10 heavy (non-hydrogen) atoms. The van der Waals surface area contributed by atoms with E-state index in [1.165, 1.54) is 25.7 Å². The minimum atomic E-state index is 0.746. The monoisotopic (exact) mass is 141 g/mol. The highest BCUT2D eigenvalue weighted by atomic mass is 14.9. The van der Waals surface area contributed by atoms with Crippen molar-refractivity contribution in [3.8, 4) is 0 Å². The number of hydrogen-bond acceptors (Lipinski definition) is 1. The first kappa shape index (κ1) is 8.06. The topological polar surface area (TPSA) is 12.0 Å². The van der Waals surface area contributed by atoms with E-state index in [0.29, 0.717) is 0 Å². The Kier molecular flexibility index (Phi) is 3.20. The van der Waals surface area contributed by atoms with Gasteiger partial charge in [-0.25, -0.2) is 0 Å². The predicted octanol–water partition coefficient (Wildman–Crippen LogP) is 2.17. The molecule has 60 valence electrons. The second-order valence-electron chi connectivity index (χ2n) is 3.49. The molecule has 1 saturated carbocycles. The van der Waals surface area contributed by atoms with Crippen molar-refractivity contribution in [1.82, 2.24) is 5.32 Å². The first-order chi connectivity index (χ1) is 4.83. The van der Waals surface area contributed by atoms with Gasteiger partial charge in [-0.15, -0.1) is 0 Å². The molecule has 1 rings (SSSR count). The van der Waals surface area contributed by atoms with Gasteiger partial charge in [0.1, 0.15) is 0 Å². The van der Waals surface area contributed by atoms with Crippen LogP contribution in [0.4, 0.5) is 0 Å². The average molecular weight is 141 g/mol. The largest absolute Gasteiger partial charge is 0.315 e. The Morgan fingerprint density at radius 3 is 2.60 bits per heavy atom. The molecule has 1 heteroatoms. The zero-order valence-corrected chi connectivity index (χ0v) is 7.19. The fraction of sp³-hybridized carbons (Fsp3) is 1.00. The van der Waals surface area contributed by atoms with E-state index in [0.717, 1.165) is 18.5 Å². The lowest BCUT2D eigenvalue weighted by Crippen LogP contribution is -2.29. The average Bonchev–Trinajstić information content (AvgIpc) is 1.80. The highest BCUT2D eigenvalue weighted by Crippen LogP contribution is 2.30. The van der Waals surface area contributed by atoms with Crippen molar-refractivity contribution in [2.75, 3.05) is 6.54 Å². The predicted molar refractivity (Wildman–Crippen MR) is 45.1 cm³/mol. The molecule has 1 nitrogen and oxygen atoms in total. The molecule has 1 aliphatic carbocycles. The summed E-state index contributed by atoms with van der Waals surface area (Å²) in [7, 11) is 0. The first-order valence-electron chi connectivity index (χ1n) is 4.56. The summed E-state index contributed by atoms with van der Waals surface area (Å²) in [6.07, 6.45) is 5.84. The van der Waals surface area contributed by atoms with Gasteiger partial charge in [-0.05, 0) is 25.8 Å². The Bertz CT molecular complexity index is 86.7. The van der Waals surface area contributed by atoms with Gasteiger partial charge in [-0.1, -0.05) is 26.2 Å². The zero-order valence-electron chi connectivity index (χ0n) is 7.19. The number of nitrogens with one attached hydrogen (secondary N) is 1. The molecule has 0 bridgehead atoms. The molecule has 1 aliphatic rings. The maximum absolute atomic E-state index is 3.44. The summed E-state index contributed by atoms with van der Waals surface area (Å²) < 4.78 is 0. The van der Waals surface area contributed by atoms with Crippen molar-refractivity contribution in [1.29, 1.82) is 0 Å². The summed E-state index contributed by atoms with van der Waals surface area (Å²) in [5.74, 6) is 1.05. The summed E-state index contributed by atoms with van der Waals surface area (Å²) in [5.41, 5.74) is 0. The van der Waals surface area contributed by atoms with Gasteiger partial charge in [-0.3, -0.25) is 0 Å². The van der Waals surface area contributed by atoms with Gasteiger partial charge in [0.05, 0.1) is 0 Å². The third kappa shape index (κ3) is 2.30. The molecule has 0 radical (unpaired) electrons. The molecule has 0 heterocycles. The first-order valence-corrected chi connectivity index (χ1v) is 4.56. The van der Waals surface area contributed by atoms with Crippen LogP contribution in [0.1, 0.15) is 39.5 Å². The smallest absolute Gasteiger partial charge is 0.00412 e. The molecular formula is C9H19N. The van der Waals surface area contributed by atoms with Crippen LogP contribution in [0.25, 0.3) is 0 Å². The fourth-order valence-corrected chi connectivity index (χ4v) is 1.66. The van der Waals surface area contributed by atoms with E-state index in [4.69, 9.17) is 0 Å². The highest BCUT2D eigenvalue weighted by molar-refractivity contribution is 4.74. The Labute approximate surface area is 64.2 Å². The third-order valence-electron chi connectivity index (χ3n) is 2.46. The van der Waals surface area contributed by atoms with E-state index >= 15 is 0 Å². The van der Waals surface area contributed by atoms with Crippen LogP contribution in [0.15, 0.2) is 0 Å². The minimum Gasteiger partial charge on any atom is -0.315 e. The molecule has 1 fully saturated rings. The molecule has 0 saturated heterocycles. The molecule has 0 aliphatic heterocycles. The van der Waals surface area contributed by atoms with E-state index in [1.807, 2.05) is 0 Å². The lowest BCUT2D eigenvalue weighted by molar-refractivity contribution is 0.267. The molecule has 1 atom stereocenters. The van der Waals surface area contributed by atoms with Crippen LogP contribution in [0, 0.1) is 5.92 Å². The van der Waals surface area contributed by atoms with Gasteiger partial charge in [0.2, 0.25) is 0 Å². The van der Waals surface area contributed by atoms with Crippen LogP contribution in [-0.2, 0) is 0 Å². The molecule has 0 amide bonds. The van der Waals surface area contributed by atoms with Crippen molar-refractivity contribution < 1.29 is 0 Å². The molecule has 1 N–H and O–H groups in total. The highest BCUT2D eigenvalue weighted by Gasteiger charge is 2.18. The van der Waals surface area contributed by atoms with Crippen molar-refractivity contribution in [2.24, 2.45) is 5.92 Å². The minimum absolute atomic E-state index is 0.746. The van der Waals surface area contributed by atoms with E-state index in [9.17, 15) is 0 Å². The Morgan fingerprint density at radius 1 is 1.50 bits per heavy atom. The van der Waals surface area contributed by atoms with Gasteiger partial charge in [-0.2, -0.15) is 0 Å². The van der Waals surface area contributed by atoms with E-state index in [-0.39, 0.29) is 0 Å². The quantitative estimate of drug-likeness (QED) is 0.632. The molecule has 0 aromatic rings. The summed E-state index contributed by atoms with van der Waals surface area (Å²) in [5, 5.41) is 3.44. The maximum Gasteiger partial charge on any atom is 0.00412 e. The van der Waals surface area contributed by atoms with Crippen molar-refractivity contribution in [3.05, 3.63) is 0 Å². The maximum atomic E-state index is 3.44. The molecule has 0 aromatic heterocycles. The Morgan fingerprint density at radius 2 is 2.20 bits per heavy atom. The zero-order chi connectivity index (χ0) is 7.40. The summed E-state index contributed by atoms with van der Waals surface area (Å²) in [6, 6.07) is 0.746. The van der Waals surface area contributed by atoms with Gasteiger partial charge < -0.3 is 5.32 Å². The van der Waals surface area contributed by atoms with E-state index < -0.39 is 0 Å². The number of rotatable bonds is 4. The summed E-state index contributed by atoms with van der Waals surface area (Å²) in [4.78, 5) is 0. The SMILES string of the molecule is CCN[C@H](C)CC1CCC1.